The minimum atomic E-state index is -0.150. The Morgan fingerprint density at radius 3 is 2.80 bits per heavy atom. The van der Waals surface area contributed by atoms with Gasteiger partial charge in [0.2, 0.25) is 0 Å². The molecule has 0 saturated carbocycles. The van der Waals surface area contributed by atoms with Gasteiger partial charge in [0.25, 0.3) is 5.91 Å². The summed E-state index contributed by atoms with van der Waals surface area (Å²) in [6.45, 7) is 5.34. The summed E-state index contributed by atoms with van der Waals surface area (Å²) in [5, 5.41) is 4.14. The fourth-order valence-electron chi connectivity index (χ4n) is 3.70. The molecule has 0 atom stereocenters. The summed E-state index contributed by atoms with van der Waals surface area (Å²) in [6, 6.07) is 3.46. The highest BCUT2D eigenvalue weighted by atomic mass is 32.1. The summed E-state index contributed by atoms with van der Waals surface area (Å²) in [5.41, 5.74) is 2.83. The van der Waals surface area contributed by atoms with Crippen LogP contribution in [-0.4, -0.2) is 48.9 Å². The summed E-state index contributed by atoms with van der Waals surface area (Å²) in [6.07, 6.45) is 6.34. The van der Waals surface area contributed by atoms with Gasteiger partial charge in [-0.3, -0.25) is 9.69 Å². The Bertz CT molecular complexity index is 730. The molecule has 1 N–H and O–H groups in total. The first-order valence-electron chi connectivity index (χ1n) is 9.10. The first kappa shape index (κ1) is 16.8. The molecule has 0 bridgehead atoms. The number of nitrogens with zero attached hydrogens (tertiary/aromatic N) is 2. The average molecular weight is 359 g/mol. The van der Waals surface area contributed by atoms with E-state index in [0.717, 1.165) is 50.6 Å². The molecule has 5 nitrogen and oxygen atoms in total. The van der Waals surface area contributed by atoms with Crippen molar-refractivity contribution in [3.8, 4) is 0 Å². The van der Waals surface area contributed by atoms with Crippen molar-refractivity contribution in [2.45, 2.75) is 32.2 Å². The smallest absolute Gasteiger partial charge is 0.291 e. The minimum Gasteiger partial charge on any atom is -0.459 e. The lowest BCUT2D eigenvalue weighted by molar-refractivity contribution is 0.0996. The predicted molar refractivity (Wildman–Crippen MR) is 100 cm³/mol. The fraction of sp³-hybridized carbons (Fsp3) is 0.526. The number of amides is 1. The van der Waals surface area contributed by atoms with Crippen LogP contribution in [0.1, 0.15) is 39.4 Å². The number of carbonyl (C=O) groups excluding carboxylic acids is 1. The zero-order chi connectivity index (χ0) is 17.2. The number of likely N-dealkylation sites (N-methyl/N-ethyl adjacent to an activating group) is 1. The predicted octanol–water partition coefficient (Wildman–Crippen LogP) is 3.22. The Morgan fingerprint density at radius 1 is 1.24 bits per heavy atom. The van der Waals surface area contributed by atoms with E-state index in [0.29, 0.717) is 5.76 Å². The number of piperazine rings is 1. The van der Waals surface area contributed by atoms with E-state index < -0.39 is 0 Å². The summed E-state index contributed by atoms with van der Waals surface area (Å²) in [4.78, 5) is 18.8. The molecule has 4 rings (SSSR count). The Labute approximate surface area is 152 Å². The van der Waals surface area contributed by atoms with Crippen LogP contribution in [0.15, 0.2) is 22.8 Å². The van der Waals surface area contributed by atoms with Gasteiger partial charge in [-0.1, -0.05) is 0 Å². The molecular formula is C19H25N3O2S. The van der Waals surface area contributed by atoms with E-state index in [1.807, 2.05) is 0 Å². The molecule has 1 amide bonds. The quantitative estimate of drug-likeness (QED) is 0.911. The van der Waals surface area contributed by atoms with Gasteiger partial charge >= 0.3 is 0 Å². The minimum absolute atomic E-state index is 0.150. The Kier molecular flexibility index (Phi) is 4.92. The van der Waals surface area contributed by atoms with E-state index in [1.54, 1.807) is 29.7 Å². The van der Waals surface area contributed by atoms with Crippen LogP contribution in [0.2, 0.25) is 0 Å². The molecule has 2 aliphatic rings. The van der Waals surface area contributed by atoms with Crippen molar-refractivity contribution in [1.82, 2.24) is 9.80 Å². The normalized spacial score (nSPS) is 18.9. The number of furan rings is 1. The van der Waals surface area contributed by atoms with Crippen molar-refractivity contribution in [2.75, 3.05) is 38.5 Å². The van der Waals surface area contributed by atoms with E-state index in [1.165, 1.54) is 28.8 Å². The van der Waals surface area contributed by atoms with Gasteiger partial charge in [0.1, 0.15) is 5.00 Å². The Balaban J connectivity index is 1.57. The standard InChI is InChI=1S/C19H25N3O2S/c1-21-8-10-22(11-9-21)13-15-14-5-2-3-7-17(14)25-19(15)20-18(23)16-6-4-12-24-16/h4,6,12H,2-3,5,7-11,13H2,1H3,(H,20,23). The lowest BCUT2D eigenvalue weighted by Crippen LogP contribution is -2.44. The highest BCUT2D eigenvalue weighted by Gasteiger charge is 2.25. The van der Waals surface area contributed by atoms with E-state index in [9.17, 15) is 4.79 Å². The summed E-state index contributed by atoms with van der Waals surface area (Å²) in [7, 11) is 2.18. The van der Waals surface area contributed by atoms with Crippen molar-refractivity contribution in [1.29, 1.82) is 0 Å². The Hall–Kier alpha value is -1.63. The number of nitrogens with one attached hydrogen (secondary N) is 1. The molecule has 1 fully saturated rings. The van der Waals surface area contributed by atoms with Gasteiger partial charge in [-0.05, 0) is 50.4 Å². The molecule has 0 radical (unpaired) electrons. The largest absolute Gasteiger partial charge is 0.459 e. The highest BCUT2D eigenvalue weighted by Crippen LogP contribution is 2.39. The molecule has 134 valence electrons. The molecule has 2 aromatic rings. The zero-order valence-corrected chi connectivity index (χ0v) is 15.5. The van der Waals surface area contributed by atoms with E-state index in [4.69, 9.17) is 4.42 Å². The van der Waals surface area contributed by atoms with E-state index in [2.05, 4.69) is 22.2 Å². The summed E-state index contributed by atoms with van der Waals surface area (Å²) < 4.78 is 5.25. The third-order valence-electron chi connectivity index (χ3n) is 5.23. The molecule has 25 heavy (non-hydrogen) atoms. The number of carbonyl (C=O) groups is 1. The summed E-state index contributed by atoms with van der Waals surface area (Å²) >= 11 is 1.77. The maximum absolute atomic E-state index is 12.5. The monoisotopic (exact) mass is 359 g/mol. The first-order valence-corrected chi connectivity index (χ1v) is 9.91. The van der Waals surface area contributed by atoms with Crippen molar-refractivity contribution in [3.63, 3.8) is 0 Å². The number of fused-ring (bicyclic) bond motifs is 1. The van der Waals surface area contributed by atoms with Crippen LogP contribution in [0.25, 0.3) is 0 Å². The van der Waals surface area contributed by atoms with Gasteiger partial charge in [0.05, 0.1) is 6.26 Å². The molecule has 3 heterocycles. The fourth-order valence-corrected chi connectivity index (χ4v) is 5.00. The van der Waals surface area contributed by atoms with Crippen molar-refractivity contribution >= 4 is 22.2 Å². The number of rotatable bonds is 4. The first-order chi connectivity index (χ1) is 12.2. The van der Waals surface area contributed by atoms with Crippen molar-refractivity contribution < 1.29 is 9.21 Å². The van der Waals surface area contributed by atoms with Crippen LogP contribution < -0.4 is 5.32 Å². The highest BCUT2D eigenvalue weighted by molar-refractivity contribution is 7.16. The lowest BCUT2D eigenvalue weighted by Gasteiger charge is -2.32. The van der Waals surface area contributed by atoms with Crippen LogP contribution in [0.5, 0.6) is 0 Å². The van der Waals surface area contributed by atoms with Gasteiger partial charge in [-0.15, -0.1) is 11.3 Å². The molecule has 6 heteroatoms. The second-order valence-electron chi connectivity index (χ2n) is 7.03. The van der Waals surface area contributed by atoms with E-state index in [-0.39, 0.29) is 5.91 Å². The van der Waals surface area contributed by atoms with Crippen LogP contribution in [0.3, 0.4) is 0 Å². The molecule has 1 aliphatic carbocycles. The maximum Gasteiger partial charge on any atom is 0.291 e. The number of anilines is 1. The summed E-state index contributed by atoms with van der Waals surface area (Å²) in [5.74, 6) is 0.222. The molecule has 0 spiro atoms. The van der Waals surface area contributed by atoms with Crippen molar-refractivity contribution in [3.05, 3.63) is 40.2 Å². The van der Waals surface area contributed by atoms with E-state index >= 15 is 0 Å². The lowest BCUT2D eigenvalue weighted by atomic mass is 9.95. The van der Waals surface area contributed by atoms with Crippen LogP contribution in [0.4, 0.5) is 5.00 Å². The second kappa shape index (κ2) is 7.32. The molecule has 0 unspecified atom stereocenters. The van der Waals surface area contributed by atoms with Crippen LogP contribution in [0, 0.1) is 0 Å². The maximum atomic E-state index is 12.5. The molecular weight excluding hydrogens is 334 g/mol. The molecule has 0 aromatic carbocycles. The number of hydrogen-bond donors (Lipinski definition) is 1. The van der Waals surface area contributed by atoms with Crippen molar-refractivity contribution in [2.24, 2.45) is 0 Å². The number of aryl methyl sites for hydroxylation is 1. The second-order valence-corrected chi connectivity index (χ2v) is 8.13. The van der Waals surface area contributed by atoms with Crippen LogP contribution >= 0.6 is 11.3 Å². The van der Waals surface area contributed by atoms with Gasteiger partial charge in [-0.2, -0.15) is 0 Å². The SMILES string of the molecule is CN1CCN(Cc2c(NC(=O)c3ccco3)sc3c2CCCC3)CC1. The number of hydrogen-bond acceptors (Lipinski definition) is 5. The number of thiophene rings is 1. The molecule has 1 saturated heterocycles. The topological polar surface area (TPSA) is 48.7 Å². The molecule has 1 aliphatic heterocycles. The van der Waals surface area contributed by atoms with Gasteiger partial charge in [-0.25, -0.2) is 0 Å². The van der Waals surface area contributed by atoms with Gasteiger partial charge in [0.15, 0.2) is 5.76 Å². The van der Waals surface area contributed by atoms with Gasteiger partial charge in [0, 0.05) is 43.2 Å². The third-order valence-corrected chi connectivity index (χ3v) is 6.48. The Morgan fingerprint density at radius 2 is 2.04 bits per heavy atom. The third kappa shape index (κ3) is 3.66. The zero-order valence-electron chi connectivity index (χ0n) is 14.7. The van der Waals surface area contributed by atoms with Gasteiger partial charge < -0.3 is 14.6 Å². The molecule has 2 aromatic heterocycles. The average Bonchev–Trinajstić information content (AvgIpc) is 3.26. The van der Waals surface area contributed by atoms with Crippen LogP contribution in [-0.2, 0) is 19.4 Å².